The molecule has 0 unspecified atom stereocenters. The lowest BCUT2D eigenvalue weighted by Crippen LogP contribution is -2.21. The summed E-state index contributed by atoms with van der Waals surface area (Å²) in [6, 6.07) is 11.5. The standard InChI is InChI=1S/C20H20BFN2O/c1-12-9-14-11-15(21)10-13(19(14)25-12)5-6-16-17(3-2-4-18(16)22)20-23-7-8-24-20/h2-4,9-11H,5-8,21H2,1H3,(H,23,24). The molecule has 25 heavy (non-hydrogen) atoms. The summed E-state index contributed by atoms with van der Waals surface area (Å²) in [5.41, 5.74) is 4.82. The maximum Gasteiger partial charge on any atom is 0.139 e. The first-order chi connectivity index (χ1) is 12.1. The molecule has 2 heterocycles. The topological polar surface area (TPSA) is 37.5 Å². The van der Waals surface area contributed by atoms with Crippen LogP contribution in [0.15, 0.2) is 45.8 Å². The summed E-state index contributed by atoms with van der Waals surface area (Å²) in [6.45, 7) is 3.52. The number of aliphatic imine (C=N–C) groups is 1. The van der Waals surface area contributed by atoms with Crippen LogP contribution in [0.1, 0.15) is 22.5 Å². The van der Waals surface area contributed by atoms with E-state index >= 15 is 0 Å². The van der Waals surface area contributed by atoms with E-state index < -0.39 is 0 Å². The number of fused-ring (bicyclic) bond motifs is 1. The van der Waals surface area contributed by atoms with Gasteiger partial charge in [-0.1, -0.05) is 29.7 Å². The Morgan fingerprint density at radius 2 is 2.12 bits per heavy atom. The number of hydrogen-bond acceptors (Lipinski definition) is 3. The van der Waals surface area contributed by atoms with Crippen LogP contribution >= 0.6 is 0 Å². The van der Waals surface area contributed by atoms with Crippen molar-refractivity contribution in [3.63, 3.8) is 0 Å². The van der Waals surface area contributed by atoms with Gasteiger partial charge in [0.05, 0.1) is 6.54 Å². The molecule has 0 bridgehead atoms. The Labute approximate surface area is 147 Å². The van der Waals surface area contributed by atoms with Crippen molar-refractivity contribution in [3.8, 4) is 0 Å². The van der Waals surface area contributed by atoms with Gasteiger partial charge < -0.3 is 9.73 Å². The van der Waals surface area contributed by atoms with Crippen molar-refractivity contribution in [1.29, 1.82) is 0 Å². The fraction of sp³-hybridized carbons (Fsp3) is 0.250. The second-order valence-corrected chi connectivity index (χ2v) is 6.62. The molecule has 0 saturated carbocycles. The molecule has 5 heteroatoms. The highest BCUT2D eigenvalue weighted by Crippen LogP contribution is 2.24. The van der Waals surface area contributed by atoms with Crippen LogP contribution in [0.3, 0.4) is 0 Å². The van der Waals surface area contributed by atoms with E-state index in [9.17, 15) is 4.39 Å². The summed E-state index contributed by atoms with van der Waals surface area (Å²) in [4.78, 5) is 4.45. The van der Waals surface area contributed by atoms with E-state index in [0.717, 1.165) is 53.2 Å². The van der Waals surface area contributed by atoms with Crippen LogP contribution in [0.4, 0.5) is 4.39 Å². The minimum atomic E-state index is -0.173. The number of hydrogen-bond donors (Lipinski definition) is 1. The Kier molecular flexibility index (Phi) is 4.08. The number of nitrogens with one attached hydrogen (secondary N) is 1. The van der Waals surface area contributed by atoms with Crippen LogP contribution in [-0.4, -0.2) is 26.8 Å². The van der Waals surface area contributed by atoms with Crippen LogP contribution < -0.4 is 10.8 Å². The summed E-state index contributed by atoms with van der Waals surface area (Å²) in [5.74, 6) is 1.53. The Morgan fingerprint density at radius 1 is 1.24 bits per heavy atom. The van der Waals surface area contributed by atoms with E-state index in [0.29, 0.717) is 12.0 Å². The molecular weight excluding hydrogens is 314 g/mol. The molecule has 1 N–H and O–H groups in total. The predicted octanol–water partition coefficient (Wildman–Crippen LogP) is 2.27. The molecule has 1 aromatic heterocycles. The first-order valence-electron chi connectivity index (χ1n) is 8.67. The number of benzene rings is 2. The number of furan rings is 1. The van der Waals surface area contributed by atoms with Crippen LogP contribution in [0.2, 0.25) is 0 Å². The highest BCUT2D eigenvalue weighted by Gasteiger charge is 2.17. The zero-order chi connectivity index (χ0) is 17.4. The SMILES string of the molecule is Bc1cc(CCc2c(F)cccc2C2=NCCN2)c2oc(C)cc2c1. The molecule has 1 aliphatic heterocycles. The van der Waals surface area contributed by atoms with Crippen molar-refractivity contribution in [2.75, 3.05) is 13.1 Å². The molecule has 2 aromatic carbocycles. The van der Waals surface area contributed by atoms with Crippen LogP contribution in [-0.2, 0) is 12.8 Å². The fourth-order valence-electron chi connectivity index (χ4n) is 3.58. The lowest BCUT2D eigenvalue weighted by Gasteiger charge is -2.12. The summed E-state index contributed by atoms with van der Waals surface area (Å²) < 4.78 is 20.4. The summed E-state index contributed by atoms with van der Waals surface area (Å²) in [5, 5.41) is 4.36. The van der Waals surface area contributed by atoms with Crippen molar-refractivity contribution in [1.82, 2.24) is 5.32 Å². The Hall–Kier alpha value is -2.56. The number of nitrogens with zero attached hydrogens (tertiary/aromatic N) is 1. The second-order valence-electron chi connectivity index (χ2n) is 6.62. The molecule has 126 valence electrons. The van der Waals surface area contributed by atoms with Gasteiger partial charge in [-0.3, -0.25) is 4.99 Å². The van der Waals surface area contributed by atoms with Gasteiger partial charge in [0.2, 0.25) is 0 Å². The summed E-state index contributed by atoms with van der Waals surface area (Å²) in [6.07, 6.45) is 1.34. The normalized spacial score (nSPS) is 13.9. The molecular formula is C20H20BFN2O. The third-order valence-corrected chi connectivity index (χ3v) is 4.65. The molecule has 0 fully saturated rings. The zero-order valence-electron chi connectivity index (χ0n) is 14.5. The fourth-order valence-corrected chi connectivity index (χ4v) is 3.58. The van der Waals surface area contributed by atoms with Gasteiger partial charge in [0.1, 0.15) is 30.8 Å². The van der Waals surface area contributed by atoms with Crippen LogP contribution in [0.25, 0.3) is 11.0 Å². The number of rotatable bonds is 4. The van der Waals surface area contributed by atoms with Gasteiger partial charge >= 0.3 is 0 Å². The number of halogens is 1. The maximum atomic E-state index is 14.5. The first-order valence-corrected chi connectivity index (χ1v) is 8.67. The minimum Gasteiger partial charge on any atom is -0.461 e. The maximum absolute atomic E-state index is 14.5. The number of amidine groups is 1. The molecule has 0 spiro atoms. The summed E-state index contributed by atoms with van der Waals surface area (Å²) >= 11 is 0. The van der Waals surface area contributed by atoms with Crippen molar-refractivity contribution >= 4 is 30.1 Å². The van der Waals surface area contributed by atoms with E-state index in [1.54, 1.807) is 6.07 Å². The lowest BCUT2D eigenvalue weighted by atomic mass is 9.90. The Bertz CT molecular complexity index is 977. The van der Waals surface area contributed by atoms with E-state index in [1.807, 2.05) is 13.0 Å². The zero-order valence-corrected chi connectivity index (χ0v) is 14.5. The van der Waals surface area contributed by atoms with E-state index in [-0.39, 0.29) is 5.82 Å². The third-order valence-electron chi connectivity index (χ3n) is 4.65. The molecule has 4 rings (SSSR count). The summed E-state index contributed by atoms with van der Waals surface area (Å²) in [7, 11) is 2.08. The van der Waals surface area contributed by atoms with Crippen molar-refractivity contribution < 1.29 is 8.81 Å². The lowest BCUT2D eigenvalue weighted by molar-refractivity contribution is 0.573. The van der Waals surface area contributed by atoms with Gasteiger partial charge in [-0.15, -0.1) is 0 Å². The third kappa shape index (κ3) is 3.06. The second kappa shape index (κ2) is 6.39. The molecule has 3 nitrogen and oxygen atoms in total. The van der Waals surface area contributed by atoms with Crippen LogP contribution in [0.5, 0.6) is 0 Å². The minimum absolute atomic E-state index is 0.173. The van der Waals surface area contributed by atoms with Crippen molar-refractivity contribution in [2.45, 2.75) is 19.8 Å². The van der Waals surface area contributed by atoms with Gasteiger partial charge in [-0.2, -0.15) is 0 Å². The highest BCUT2D eigenvalue weighted by molar-refractivity contribution is 6.33. The van der Waals surface area contributed by atoms with Gasteiger partial charge in [-0.25, -0.2) is 4.39 Å². The molecule has 0 atom stereocenters. The molecule has 3 aromatic rings. The molecule has 0 aliphatic carbocycles. The molecule has 0 saturated heterocycles. The predicted molar refractivity (Wildman–Crippen MR) is 102 cm³/mol. The largest absolute Gasteiger partial charge is 0.461 e. The Morgan fingerprint density at radius 3 is 2.92 bits per heavy atom. The monoisotopic (exact) mass is 334 g/mol. The number of aryl methyl sites for hydroxylation is 2. The molecule has 0 amide bonds. The highest BCUT2D eigenvalue weighted by atomic mass is 19.1. The van der Waals surface area contributed by atoms with Crippen molar-refractivity contribution in [3.05, 3.63) is 64.7 Å². The smallest absolute Gasteiger partial charge is 0.139 e. The average Bonchev–Trinajstić information content (AvgIpc) is 3.22. The molecule has 1 aliphatic rings. The molecule has 0 radical (unpaired) electrons. The van der Waals surface area contributed by atoms with E-state index in [4.69, 9.17) is 4.42 Å². The van der Waals surface area contributed by atoms with Crippen LogP contribution in [0, 0.1) is 12.7 Å². The first kappa shape index (κ1) is 15.9. The van der Waals surface area contributed by atoms with E-state index in [2.05, 4.69) is 36.4 Å². The Balaban J connectivity index is 1.68. The van der Waals surface area contributed by atoms with Gasteiger partial charge in [0.15, 0.2) is 0 Å². The van der Waals surface area contributed by atoms with Gasteiger partial charge in [0, 0.05) is 17.5 Å². The van der Waals surface area contributed by atoms with Gasteiger partial charge in [-0.05, 0) is 43.0 Å². The van der Waals surface area contributed by atoms with E-state index in [1.165, 1.54) is 11.5 Å². The quantitative estimate of drug-likeness (QED) is 0.744. The van der Waals surface area contributed by atoms with Crippen molar-refractivity contribution in [2.24, 2.45) is 4.99 Å². The average molecular weight is 334 g/mol. The van der Waals surface area contributed by atoms with Gasteiger partial charge in [0.25, 0.3) is 0 Å².